The van der Waals surface area contributed by atoms with Crippen LogP contribution in [0.4, 0.5) is 26.3 Å². The van der Waals surface area contributed by atoms with Crippen LogP contribution in [0.25, 0.3) is 5.95 Å². The fourth-order valence-corrected chi connectivity index (χ4v) is 2.21. The first-order chi connectivity index (χ1) is 14.1. The summed E-state index contributed by atoms with van der Waals surface area (Å²) in [5.74, 6) is 0.935. The summed E-state index contributed by atoms with van der Waals surface area (Å²) in [6.45, 7) is -0.344. The highest BCUT2D eigenvalue weighted by Gasteiger charge is 2.36. The maximum atomic E-state index is 13.0. The van der Waals surface area contributed by atoms with Crippen LogP contribution in [0.3, 0.4) is 0 Å². The minimum atomic E-state index is -4.77. The van der Waals surface area contributed by atoms with Crippen molar-refractivity contribution in [3.05, 3.63) is 53.9 Å². The van der Waals surface area contributed by atoms with Gasteiger partial charge in [0.1, 0.15) is 5.75 Å². The molecule has 1 aromatic carbocycles. The van der Waals surface area contributed by atoms with Gasteiger partial charge in [-0.2, -0.15) is 41.1 Å². The largest absolute Gasteiger partial charge is 0.464 e. The van der Waals surface area contributed by atoms with Gasteiger partial charge in [0.15, 0.2) is 12.3 Å². The van der Waals surface area contributed by atoms with Crippen molar-refractivity contribution in [1.29, 1.82) is 0 Å². The molecule has 3 rings (SSSR count). The van der Waals surface area contributed by atoms with Gasteiger partial charge in [0.25, 0.3) is 5.95 Å². The molecule has 3 aromatic rings. The SMILES string of the molecule is C#CCOc1cc(C(F)(F)F)nn1-c1nccc(Oc2cccc(C(F)(F)F)c2)n1. The summed E-state index contributed by atoms with van der Waals surface area (Å²) in [6, 6.07) is 5.82. The second kappa shape index (κ2) is 7.94. The second-order valence-corrected chi connectivity index (χ2v) is 5.59. The van der Waals surface area contributed by atoms with Crippen LogP contribution in [0.1, 0.15) is 11.3 Å². The van der Waals surface area contributed by atoms with Crippen LogP contribution in [-0.4, -0.2) is 26.4 Å². The van der Waals surface area contributed by atoms with Crippen molar-refractivity contribution in [2.75, 3.05) is 6.61 Å². The van der Waals surface area contributed by atoms with Gasteiger partial charge in [-0.15, -0.1) is 6.42 Å². The van der Waals surface area contributed by atoms with Gasteiger partial charge in [-0.25, -0.2) is 4.98 Å². The summed E-state index contributed by atoms with van der Waals surface area (Å²) < 4.78 is 88.4. The standard InChI is InChI=1S/C18H10F6N4O2/c1-2-8-29-15-10-13(18(22,23)24)27-28(15)16-25-7-6-14(26-16)30-12-5-3-4-11(9-12)17(19,20)21/h1,3-7,9-10H,8H2. The summed E-state index contributed by atoms with van der Waals surface area (Å²) in [5, 5.41) is 3.37. The van der Waals surface area contributed by atoms with E-state index in [1.54, 1.807) is 0 Å². The third-order valence-corrected chi connectivity index (χ3v) is 3.46. The number of benzene rings is 1. The number of rotatable bonds is 5. The van der Waals surface area contributed by atoms with Crippen LogP contribution in [0, 0.1) is 12.3 Å². The third kappa shape index (κ3) is 4.80. The Hall–Kier alpha value is -3.75. The molecule has 0 aliphatic heterocycles. The molecular formula is C18H10F6N4O2. The van der Waals surface area contributed by atoms with E-state index in [1.807, 2.05) is 0 Å². The van der Waals surface area contributed by atoms with Crippen LogP contribution in [0.15, 0.2) is 42.6 Å². The van der Waals surface area contributed by atoms with E-state index >= 15 is 0 Å². The normalized spacial score (nSPS) is 11.8. The summed E-state index contributed by atoms with van der Waals surface area (Å²) in [7, 11) is 0. The Morgan fingerprint density at radius 3 is 2.47 bits per heavy atom. The number of alkyl halides is 6. The molecule has 0 spiro atoms. The molecule has 0 radical (unpaired) electrons. The van der Waals surface area contributed by atoms with E-state index in [9.17, 15) is 26.3 Å². The zero-order valence-electron chi connectivity index (χ0n) is 14.7. The fraction of sp³-hybridized carbons (Fsp3) is 0.167. The van der Waals surface area contributed by atoms with Crippen LogP contribution in [0.2, 0.25) is 0 Å². The van der Waals surface area contributed by atoms with E-state index in [0.717, 1.165) is 24.4 Å². The fourth-order valence-electron chi connectivity index (χ4n) is 2.21. The zero-order valence-corrected chi connectivity index (χ0v) is 14.7. The minimum absolute atomic E-state index is 0.185. The van der Waals surface area contributed by atoms with Crippen molar-refractivity contribution in [1.82, 2.24) is 19.7 Å². The molecule has 0 atom stereocenters. The Balaban J connectivity index is 1.94. The van der Waals surface area contributed by atoms with Gasteiger partial charge in [-0.05, 0) is 18.2 Å². The van der Waals surface area contributed by atoms with Gasteiger partial charge < -0.3 is 9.47 Å². The van der Waals surface area contributed by atoms with Gasteiger partial charge in [0.05, 0.1) is 5.56 Å². The quantitative estimate of drug-likeness (QED) is 0.442. The Kier molecular flexibility index (Phi) is 5.55. The molecule has 156 valence electrons. The summed E-state index contributed by atoms with van der Waals surface area (Å²) >= 11 is 0. The number of hydrogen-bond acceptors (Lipinski definition) is 5. The third-order valence-electron chi connectivity index (χ3n) is 3.46. The molecule has 6 nitrogen and oxygen atoms in total. The second-order valence-electron chi connectivity index (χ2n) is 5.59. The number of aromatic nitrogens is 4. The van der Waals surface area contributed by atoms with Crippen molar-refractivity contribution >= 4 is 0 Å². The van der Waals surface area contributed by atoms with Crippen molar-refractivity contribution in [3.8, 4) is 35.8 Å². The lowest BCUT2D eigenvalue weighted by Gasteiger charge is -2.10. The lowest BCUT2D eigenvalue weighted by molar-refractivity contribution is -0.141. The Labute approximate surface area is 165 Å². The molecule has 2 aromatic heterocycles. The van der Waals surface area contributed by atoms with Gasteiger partial charge in [-0.3, -0.25) is 0 Å². The molecule has 0 saturated carbocycles. The maximum absolute atomic E-state index is 13.0. The van der Waals surface area contributed by atoms with Crippen LogP contribution >= 0.6 is 0 Å². The van der Waals surface area contributed by atoms with E-state index in [2.05, 4.69) is 21.0 Å². The molecule has 12 heteroatoms. The summed E-state index contributed by atoms with van der Waals surface area (Å²) in [4.78, 5) is 7.68. The molecule has 0 fully saturated rings. The predicted molar refractivity (Wildman–Crippen MR) is 90.0 cm³/mol. The van der Waals surface area contributed by atoms with E-state index in [4.69, 9.17) is 15.9 Å². The first-order valence-corrected chi connectivity index (χ1v) is 8.00. The van der Waals surface area contributed by atoms with Crippen LogP contribution in [-0.2, 0) is 12.4 Å². The molecule has 0 unspecified atom stereocenters. The van der Waals surface area contributed by atoms with Crippen molar-refractivity contribution < 1.29 is 35.8 Å². The Bertz CT molecular complexity index is 1090. The monoisotopic (exact) mass is 428 g/mol. The molecule has 0 aliphatic rings. The Morgan fingerprint density at radius 2 is 1.80 bits per heavy atom. The van der Waals surface area contributed by atoms with Crippen molar-refractivity contribution in [2.24, 2.45) is 0 Å². The van der Waals surface area contributed by atoms with E-state index in [1.165, 1.54) is 12.1 Å². The van der Waals surface area contributed by atoms with E-state index in [0.29, 0.717) is 10.7 Å². The zero-order chi connectivity index (χ0) is 21.9. The molecule has 0 saturated heterocycles. The minimum Gasteiger partial charge on any atom is -0.464 e. The number of ether oxygens (including phenoxy) is 2. The molecule has 0 aliphatic carbocycles. The lowest BCUT2D eigenvalue weighted by Crippen LogP contribution is -2.10. The van der Waals surface area contributed by atoms with Gasteiger partial charge in [0.2, 0.25) is 11.8 Å². The average molecular weight is 428 g/mol. The summed E-state index contributed by atoms with van der Waals surface area (Å²) in [6.07, 6.45) is -3.17. The van der Waals surface area contributed by atoms with Crippen molar-refractivity contribution in [3.63, 3.8) is 0 Å². The summed E-state index contributed by atoms with van der Waals surface area (Å²) in [5.41, 5.74) is -2.22. The Morgan fingerprint density at radius 1 is 1.03 bits per heavy atom. The van der Waals surface area contributed by atoms with Gasteiger partial charge in [0, 0.05) is 18.3 Å². The molecular weight excluding hydrogens is 418 g/mol. The first kappa shape index (κ1) is 21.0. The number of hydrogen-bond donors (Lipinski definition) is 0. The molecule has 0 bridgehead atoms. The van der Waals surface area contributed by atoms with E-state index < -0.39 is 23.6 Å². The predicted octanol–water partition coefficient (Wildman–Crippen LogP) is 4.50. The van der Waals surface area contributed by atoms with Crippen LogP contribution in [0.5, 0.6) is 17.5 Å². The van der Waals surface area contributed by atoms with Crippen molar-refractivity contribution in [2.45, 2.75) is 12.4 Å². The topological polar surface area (TPSA) is 62.1 Å². The van der Waals surface area contributed by atoms with E-state index in [-0.39, 0.29) is 30.1 Å². The first-order valence-electron chi connectivity index (χ1n) is 8.00. The molecule has 0 N–H and O–H groups in total. The molecule has 2 heterocycles. The number of terminal acetylenes is 1. The highest BCUT2D eigenvalue weighted by molar-refractivity contribution is 5.34. The molecule has 30 heavy (non-hydrogen) atoms. The number of nitrogens with zero attached hydrogens (tertiary/aromatic N) is 4. The maximum Gasteiger partial charge on any atom is 0.435 e. The van der Waals surface area contributed by atoms with Gasteiger partial charge in [-0.1, -0.05) is 12.0 Å². The lowest BCUT2D eigenvalue weighted by atomic mass is 10.2. The smallest absolute Gasteiger partial charge is 0.435 e. The van der Waals surface area contributed by atoms with Crippen LogP contribution < -0.4 is 9.47 Å². The van der Waals surface area contributed by atoms with Gasteiger partial charge >= 0.3 is 12.4 Å². The average Bonchev–Trinajstić information content (AvgIpc) is 3.11. The highest BCUT2D eigenvalue weighted by atomic mass is 19.4. The molecule has 0 amide bonds. The highest BCUT2D eigenvalue weighted by Crippen LogP contribution is 2.33. The number of halogens is 6.